The Hall–Kier alpha value is -3.93. The van der Waals surface area contributed by atoms with Crippen molar-refractivity contribution in [3.63, 3.8) is 0 Å². The minimum atomic E-state index is -0.868. The van der Waals surface area contributed by atoms with Crippen molar-refractivity contribution in [2.24, 2.45) is 0 Å². The third-order valence-corrected chi connectivity index (χ3v) is 9.00. The standard InChI is InChI=1S/C32H33ClN6O2/c1-2-38-31(41)39(29-13-10-24(20-27(29)33)28-7-5-6-25(21-34)35-28)30(40)32(38)14-18-36(19-15-32)22-23-8-11-26(12-9-23)37-16-3-4-17-37/h5-13,20H,2-4,14-19,22H2,1H3. The molecule has 3 amide bonds. The molecule has 3 aliphatic heterocycles. The number of likely N-dealkylation sites (N-methyl/N-ethyl adjacent to an activating group) is 1. The summed E-state index contributed by atoms with van der Waals surface area (Å²) < 4.78 is 0. The first-order chi connectivity index (χ1) is 19.9. The van der Waals surface area contributed by atoms with E-state index in [-0.39, 0.29) is 17.0 Å². The van der Waals surface area contributed by atoms with Crippen LogP contribution in [0.5, 0.6) is 0 Å². The summed E-state index contributed by atoms with van der Waals surface area (Å²) in [5, 5.41) is 9.47. The summed E-state index contributed by atoms with van der Waals surface area (Å²) in [6.45, 7) is 6.91. The molecule has 0 radical (unpaired) electrons. The van der Waals surface area contributed by atoms with Crippen LogP contribution in [0, 0.1) is 11.3 Å². The van der Waals surface area contributed by atoms with Crippen LogP contribution in [-0.2, 0) is 11.3 Å². The number of piperidine rings is 1. The predicted molar refractivity (Wildman–Crippen MR) is 160 cm³/mol. The van der Waals surface area contributed by atoms with Crippen LogP contribution in [-0.4, -0.2) is 65.0 Å². The van der Waals surface area contributed by atoms with Crippen molar-refractivity contribution < 1.29 is 9.59 Å². The highest BCUT2D eigenvalue weighted by atomic mass is 35.5. The molecule has 6 rings (SSSR count). The number of likely N-dealkylation sites (tertiary alicyclic amines) is 1. The van der Waals surface area contributed by atoms with Gasteiger partial charge in [0.25, 0.3) is 5.91 Å². The Morgan fingerprint density at radius 2 is 1.71 bits per heavy atom. The van der Waals surface area contributed by atoms with Gasteiger partial charge in [-0.1, -0.05) is 35.9 Å². The molecule has 3 fully saturated rings. The van der Waals surface area contributed by atoms with E-state index in [0.29, 0.717) is 42.0 Å². The number of hydrogen-bond acceptors (Lipinski definition) is 6. The molecule has 4 heterocycles. The van der Waals surface area contributed by atoms with Crippen LogP contribution in [0.3, 0.4) is 0 Å². The Balaban J connectivity index is 1.17. The Labute approximate surface area is 245 Å². The molecule has 3 saturated heterocycles. The lowest BCUT2D eigenvalue weighted by Crippen LogP contribution is -2.56. The second-order valence-corrected chi connectivity index (χ2v) is 11.4. The topological polar surface area (TPSA) is 83.8 Å². The Morgan fingerprint density at radius 3 is 2.37 bits per heavy atom. The van der Waals surface area contributed by atoms with Crippen molar-refractivity contribution >= 4 is 34.9 Å². The average Bonchev–Trinajstić information content (AvgIpc) is 3.61. The molecule has 3 aliphatic rings. The number of hydrogen-bond donors (Lipinski definition) is 0. The number of urea groups is 1. The maximum atomic E-state index is 14.0. The summed E-state index contributed by atoms with van der Waals surface area (Å²) >= 11 is 6.68. The molecule has 0 bridgehead atoms. The summed E-state index contributed by atoms with van der Waals surface area (Å²) in [6, 6.07) is 20.9. The van der Waals surface area contributed by atoms with Crippen molar-refractivity contribution in [1.82, 2.24) is 14.8 Å². The lowest BCUT2D eigenvalue weighted by molar-refractivity contribution is -0.127. The smallest absolute Gasteiger partial charge is 0.332 e. The number of aromatic nitrogens is 1. The van der Waals surface area contributed by atoms with Crippen molar-refractivity contribution in [2.75, 3.05) is 42.5 Å². The molecule has 3 aromatic rings. The number of amides is 3. The Kier molecular flexibility index (Phi) is 7.41. The van der Waals surface area contributed by atoms with Crippen LogP contribution in [0.2, 0.25) is 5.02 Å². The van der Waals surface area contributed by atoms with E-state index in [9.17, 15) is 14.9 Å². The maximum Gasteiger partial charge on any atom is 0.332 e. The Bertz CT molecular complexity index is 1500. The first-order valence-corrected chi connectivity index (χ1v) is 14.7. The first kappa shape index (κ1) is 27.3. The fraction of sp³-hybridized carbons (Fsp3) is 0.375. The predicted octanol–water partition coefficient (Wildman–Crippen LogP) is 5.70. The number of imide groups is 1. The van der Waals surface area contributed by atoms with Gasteiger partial charge in [-0.05, 0) is 74.6 Å². The largest absolute Gasteiger partial charge is 0.372 e. The van der Waals surface area contributed by atoms with Gasteiger partial charge >= 0.3 is 6.03 Å². The van der Waals surface area contributed by atoms with Crippen LogP contribution in [0.15, 0.2) is 60.7 Å². The summed E-state index contributed by atoms with van der Waals surface area (Å²) in [5.74, 6) is -0.210. The van der Waals surface area contributed by atoms with Gasteiger partial charge < -0.3 is 9.80 Å². The molecule has 9 heteroatoms. The van der Waals surface area contributed by atoms with E-state index in [0.717, 1.165) is 32.7 Å². The molecule has 0 aliphatic carbocycles. The third kappa shape index (κ3) is 4.94. The second-order valence-electron chi connectivity index (χ2n) is 11.0. The van der Waals surface area contributed by atoms with E-state index < -0.39 is 5.54 Å². The zero-order valence-corrected chi connectivity index (χ0v) is 24.0. The summed E-state index contributed by atoms with van der Waals surface area (Å²) in [6.07, 6.45) is 3.68. The van der Waals surface area contributed by atoms with E-state index >= 15 is 0 Å². The molecule has 0 N–H and O–H groups in total. The molecule has 0 saturated carbocycles. The number of nitrogens with zero attached hydrogens (tertiary/aromatic N) is 6. The quantitative estimate of drug-likeness (QED) is 0.355. The van der Waals surface area contributed by atoms with Crippen LogP contribution in [0.1, 0.15) is 43.9 Å². The zero-order valence-electron chi connectivity index (χ0n) is 23.2. The van der Waals surface area contributed by atoms with Gasteiger partial charge in [-0.15, -0.1) is 0 Å². The number of anilines is 2. The van der Waals surface area contributed by atoms with Gasteiger partial charge in [0.15, 0.2) is 0 Å². The van der Waals surface area contributed by atoms with Crippen LogP contribution < -0.4 is 9.80 Å². The molecular formula is C32H33ClN6O2. The second kappa shape index (κ2) is 11.2. The van der Waals surface area contributed by atoms with E-state index in [1.54, 1.807) is 41.3 Å². The molecular weight excluding hydrogens is 536 g/mol. The fourth-order valence-electron chi connectivity index (χ4n) is 6.48. The van der Waals surface area contributed by atoms with Gasteiger partial charge in [0.2, 0.25) is 0 Å². The Morgan fingerprint density at radius 1 is 0.976 bits per heavy atom. The highest BCUT2D eigenvalue weighted by molar-refractivity contribution is 6.36. The number of rotatable bonds is 6. The number of nitriles is 1. The molecule has 0 unspecified atom stereocenters. The molecule has 2 aromatic carbocycles. The average molecular weight is 569 g/mol. The van der Waals surface area contributed by atoms with Crippen molar-refractivity contribution in [1.29, 1.82) is 5.26 Å². The molecule has 41 heavy (non-hydrogen) atoms. The lowest BCUT2D eigenvalue weighted by atomic mass is 9.85. The molecule has 210 valence electrons. The fourth-order valence-corrected chi connectivity index (χ4v) is 6.75. The van der Waals surface area contributed by atoms with Crippen LogP contribution >= 0.6 is 11.6 Å². The van der Waals surface area contributed by atoms with Gasteiger partial charge in [0.1, 0.15) is 17.3 Å². The summed E-state index contributed by atoms with van der Waals surface area (Å²) in [5.41, 5.74) is 3.66. The minimum absolute atomic E-state index is 0.210. The molecule has 8 nitrogen and oxygen atoms in total. The monoisotopic (exact) mass is 568 g/mol. The van der Waals surface area contributed by atoms with E-state index in [1.807, 2.05) is 13.0 Å². The van der Waals surface area contributed by atoms with Gasteiger partial charge in [0, 0.05) is 50.5 Å². The van der Waals surface area contributed by atoms with Gasteiger partial charge in [-0.2, -0.15) is 5.26 Å². The lowest BCUT2D eigenvalue weighted by Gasteiger charge is -2.41. The number of halogens is 1. The van der Waals surface area contributed by atoms with Crippen molar-refractivity contribution in [3.8, 4) is 17.3 Å². The number of benzene rings is 2. The maximum absolute atomic E-state index is 14.0. The number of pyridine rings is 1. The van der Waals surface area contributed by atoms with Gasteiger partial charge in [0.05, 0.1) is 16.4 Å². The molecule has 0 atom stereocenters. The highest BCUT2D eigenvalue weighted by Crippen LogP contribution is 2.42. The van der Waals surface area contributed by atoms with Gasteiger partial charge in [-0.3, -0.25) is 9.69 Å². The van der Waals surface area contributed by atoms with E-state index in [4.69, 9.17) is 11.6 Å². The minimum Gasteiger partial charge on any atom is -0.372 e. The third-order valence-electron chi connectivity index (χ3n) is 8.70. The normalized spacial score (nSPS) is 18.9. The molecule has 1 spiro atoms. The molecule has 1 aromatic heterocycles. The van der Waals surface area contributed by atoms with Crippen molar-refractivity contribution in [3.05, 3.63) is 76.9 Å². The van der Waals surface area contributed by atoms with Crippen molar-refractivity contribution in [2.45, 2.75) is 44.7 Å². The summed E-state index contributed by atoms with van der Waals surface area (Å²) in [7, 11) is 0. The van der Waals surface area contributed by atoms with Crippen LogP contribution in [0.25, 0.3) is 11.3 Å². The van der Waals surface area contributed by atoms with Gasteiger partial charge in [-0.25, -0.2) is 14.7 Å². The van der Waals surface area contributed by atoms with Crippen LogP contribution in [0.4, 0.5) is 16.2 Å². The summed E-state index contributed by atoms with van der Waals surface area (Å²) in [4.78, 5) is 39.8. The highest BCUT2D eigenvalue weighted by Gasteiger charge is 2.58. The SMILES string of the molecule is CCN1C(=O)N(c2ccc(-c3cccc(C#N)n3)cc2Cl)C(=O)C12CCN(Cc1ccc(N3CCCC3)cc1)CC2. The van der Waals surface area contributed by atoms with E-state index in [2.05, 4.69) is 39.0 Å². The number of carbonyl (C=O) groups is 2. The van der Waals surface area contributed by atoms with E-state index in [1.165, 1.54) is 29.0 Å². The number of carbonyl (C=O) groups excluding carboxylic acids is 2. The first-order valence-electron chi connectivity index (χ1n) is 14.3. The zero-order chi connectivity index (χ0) is 28.6.